The summed E-state index contributed by atoms with van der Waals surface area (Å²) in [6, 6.07) is 9.67. The Morgan fingerprint density at radius 2 is 1.78 bits per heavy atom. The number of carboxylic acid groups (broad SMARTS) is 1. The number of hydrogen-bond acceptors (Lipinski definition) is 3. The first-order chi connectivity index (χ1) is 8.39. The summed E-state index contributed by atoms with van der Waals surface area (Å²) < 4.78 is 23.2. The molecule has 6 heteroatoms. The Balaban J connectivity index is 2.50. The molecule has 0 spiro atoms. The molecule has 0 amide bonds. The third-order valence-electron chi connectivity index (χ3n) is 2.41. The zero-order valence-corrected chi connectivity index (χ0v) is 11.2. The SMILES string of the molecule is CS(=O)(=O)[s+]1cccc1-c1ccc(C(=O)O)cc1. The fourth-order valence-corrected chi connectivity index (χ4v) is 5.30. The van der Waals surface area contributed by atoms with Crippen molar-refractivity contribution in [2.24, 2.45) is 0 Å². The molecule has 2 rings (SSSR count). The quantitative estimate of drug-likeness (QED) is 0.694. The van der Waals surface area contributed by atoms with Crippen molar-refractivity contribution in [2.45, 2.75) is 0 Å². The van der Waals surface area contributed by atoms with Crippen LogP contribution in [0.5, 0.6) is 0 Å². The molecule has 2 aromatic rings. The topological polar surface area (TPSA) is 71.4 Å². The number of carbonyl (C=O) groups is 1. The molecule has 1 aromatic carbocycles. The van der Waals surface area contributed by atoms with Gasteiger partial charge < -0.3 is 5.11 Å². The molecule has 1 unspecified atom stereocenters. The standard InChI is InChI=1S/C12H10O4S2/c1-18(15,16)17-8-2-3-11(17)9-4-6-10(7-5-9)12(13)14/h2-8H,1H3/p+1. The highest BCUT2D eigenvalue weighted by molar-refractivity contribution is 8.39. The van der Waals surface area contributed by atoms with Crippen LogP contribution in [0.3, 0.4) is 0 Å². The van der Waals surface area contributed by atoms with E-state index in [1.54, 1.807) is 29.6 Å². The molecule has 0 aliphatic rings. The molecule has 4 nitrogen and oxygen atoms in total. The molecule has 0 bridgehead atoms. The van der Waals surface area contributed by atoms with E-state index in [1.165, 1.54) is 18.4 Å². The van der Waals surface area contributed by atoms with Crippen molar-refractivity contribution >= 4 is 24.3 Å². The number of rotatable bonds is 3. The van der Waals surface area contributed by atoms with Gasteiger partial charge in [-0.2, -0.15) is 8.42 Å². The van der Waals surface area contributed by atoms with E-state index in [1.807, 2.05) is 0 Å². The lowest BCUT2D eigenvalue weighted by Crippen LogP contribution is -1.95. The number of hydrogen-bond donors (Lipinski definition) is 1. The zero-order chi connectivity index (χ0) is 13.3. The van der Waals surface area contributed by atoms with Gasteiger partial charge in [0.05, 0.1) is 11.8 Å². The van der Waals surface area contributed by atoms with Crippen molar-refractivity contribution in [1.82, 2.24) is 0 Å². The van der Waals surface area contributed by atoms with Crippen molar-refractivity contribution in [1.29, 1.82) is 0 Å². The van der Waals surface area contributed by atoms with E-state index in [0.29, 0.717) is 4.88 Å². The molecule has 0 saturated carbocycles. The van der Waals surface area contributed by atoms with Crippen LogP contribution in [0.25, 0.3) is 10.4 Å². The Hall–Kier alpha value is -1.66. The fraction of sp³-hybridized carbons (Fsp3) is 0.0833. The summed E-state index contributed by atoms with van der Waals surface area (Å²) in [7, 11) is -4.12. The molecule has 94 valence electrons. The van der Waals surface area contributed by atoms with Crippen LogP contribution in [-0.2, 0) is 8.87 Å². The van der Waals surface area contributed by atoms with E-state index in [2.05, 4.69) is 0 Å². The molecular weight excluding hydrogens is 272 g/mol. The van der Waals surface area contributed by atoms with E-state index >= 15 is 0 Å². The summed E-state index contributed by atoms with van der Waals surface area (Å²) in [4.78, 5) is 11.4. The van der Waals surface area contributed by atoms with Crippen LogP contribution in [0.4, 0.5) is 0 Å². The summed E-state index contributed by atoms with van der Waals surface area (Å²) in [5.74, 6) is -0.998. The highest BCUT2D eigenvalue weighted by atomic mass is 33.2. The van der Waals surface area contributed by atoms with E-state index in [9.17, 15) is 13.2 Å². The smallest absolute Gasteiger partial charge is 0.335 e. The fourth-order valence-electron chi connectivity index (χ4n) is 1.59. The van der Waals surface area contributed by atoms with Gasteiger partial charge in [-0.05, 0) is 30.3 Å². The van der Waals surface area contributed by atoms with Crippen LogP contribution < -0.4 is 0 Å². The first-order valence-corrected chi connectivity index (χ1v) is 8.75. The van der Waals surface area contributed by atoms with Gasteiger partial charge in [0.15, 0.2) is 10.3 Å². The van der Waals surface area contributed by atoms with Gasteiger partial charge >= 0.3 is 14.8 Å². The molecule has 1 atom stereocenters. The van der Waals surface area contributed by atoms with Crippen molar-refractivity contribution in [3.8, 4) is 10.4 Å². The van der Waals surface area contributed by atoms with Gasteiger partial charge in [-0.15, -0.1) is 0 Å². The third kappa shape index (κ3) is 2.44. The summed E-state index contributed by atoms with van der Waals surface area (Å²) in [5.41, 5.74) is 0.920. The molecule has 18 heavy (non-hydrogen) atoms. The molecule has 1 heterocycles. The largest absolute Gasteiger partial charge is 0.478 e. The van der Waals surface area contributed by atoms with Gasteiger partial charge in [0.2, 0.25) is 0 Å². The van der Waals surface area contributed by atoms with Gasteiger partial charge in [-0.25, -0.2) is 4.79 Å². The highest BCUT2D eigenvalue weighted by Gasteiger charge is 2.25. The summed E-state index contributed by atoms with van der Waals surface area (Å²) >= 11 is 0. The Morgan fingerprint density at radius 3 is 2.28 bits per heavy atom. The van der Waals surface area contributed by atoms with Crippen molar-refractivity contribution < 1.29 is 18.3 Å². The molecule has 0 fully saturated rings. The van der Waals surface area contributed by atoms with Gasteiger partial charge in [-0.1, -0.05) is 0 Å². The minimum atomic E-state index is -3.17. The second kappa shape index (κ2) is 4.55. The maximum atomic E-state index is 11.6. The molecule has 0 aliphatic heterocycles. The van der Waals surface area contributed by atoms with E-state index in [-0.39, 0.29) is 5.56 Å². The summed E-state index contributed by atoms with van der Waals surface area (Å²) in [6.07, 6.45) is 1.20. The molecule has 1 aromatic heterocycles. The van der Waals surface area contributed by atoms with Crippen molar-refractivity contribution in [2.75, 3.05) is 6.26 Å². The maximum Gasteiger partial charge on any atom is 0.335 e. The third-order valence-corrected chi connectivity index (χ3v) is 7.10. The average Bonchev–Trinajstić information content (AvgIpc) is 2.77. The number of thiophene rings is 1. The molecular formula is C12H11O4S2+. The number of carboxylic acids is 1. The minimum absolute atomic E-state index is 0.185. The van der Waals surface area contributed by atoms with Crippen LogP contribution >= 0.6 is 9.50 Å². The predicted octanol–water partition coefficient (Wildman–Crippen LogP) is 2.61. The Kier molecular flexibility index (Phi) is 3.23. The Bertz CT molecular complexity index is 681. The Morgan fingerprint density at radius 1 is 1.17 bits per heavy atom. The van der Waals surface area contributed by atoms with E-state index in [4.69, 9.17) is 5.11 Å². The number of benzene rings is 1. The second-order valence-electron chi connectivity index (χ2n) is 3.74. The first-order valence-electron chi connectivity index (χ1n) is 5.05. The molecule has 0 saturated heterocycles. The van der Waals surface area contributed by atoms with E-state index < -0.39 is 24.3 Å². The average molecular weight is 283 g/mol. The van der Waals surface area contributed by atoms with Gasteiger partial charge in [0.25, 0.3) is 0 Å². The molecule has 0 radical (unpaired) electrons. The normalized spacial score (nSPS) is 12.4. The van der Waals surface area contributed by atoms with Crippen LogP contribution in [0.2, 0.25) is 0 Å². The minimum Gasteiger partial charge on any atom is -0.478 e. The summed E-state index contributed by atoms with van der Waals surface area (Å²) in [5, 5.41) is 10.4. The van der Waals surface area contributed by atoms with Crippen molar-refractivity contribution in [3.63, 3.8) is 0 Å². The second-order valence-corrected chi connectivity index (χ2v) is 9.35. The molecule has 0 aliphatic carbocycles. The van der Waals surface area contributed by atoms with E-state index in [0.717, 1.165) is 5.56 Å². The van der Waals surface area contributed by atoms with Crippen LogP contribution in [0.1, 0.15) is 10.4 Å². The highest BCUT2D eigenvalue weighted by Crippen LogP contribution is 2.38. The predicted molar refractivity (Wildman–Crippen MR) is 71.6 cm³/mol. The van der Waals surface area contributed by atoms with Gasteiger partial charge in [0.1, 0.15) is 9.50 Å². The first kappa shape index (κ1) is 12.8. The molecule has 1 N–H and O–H groups in total. The van der Waals surface area contributed by atoms with Crippen LogP contribution in [0, 0.1) is 0 Å². The summed E-state index contributed by atoms with van der Waals surface area (Å²) in [6.45, 7) is 0. The lowest BCUT2D eigenvalue weighted by atomic mass is 10.1. The lowest BCUT2D eigenvalue weighted by Gasteiger charge is -1.97. The van der Waals surface area contributed by atoms with Crippen LogP contribution in [0.15, 0.2) is 41.8 Å². The maximum absolute atomic E-state index is 11.6. The van der Waals surface area contributed by atoms with Gasteiger partial charge in [0, 0.05) is 11.6 Å². The van der Waals surface area contributed by atoms with Crippen LogP contribution in [-0.4, -0.2) is 25.7 Å². The zero-order valence-electron chi connectivity index (χ0n) is 9.53. The number of aromatic carboxylic acids is 1. The monoisotopic (exact) mass is 283 g/mol. The Labute approximate surface area is 107 Å². The van der Waals surface area contributed by atoms with Crippen molar-refractivity contribution in [3.05, 3.63) is 47.3 Å². The lowest BCUT2D eigenvalue weighted by molar-refractivity contribution is 0.0697. The van der Waals surface area contributed by atoms with Gasteiger partial charge in [-0.3, -0.25) is 0 Å².